The fraction of sp³-hybridized carbons (Fsp3) is 0.407. The number of aromatic nitrogens is 5. The lowest BCUT2D eigenvalue weighted by Crippen LogP contribution is -2.28. The molecule has 4 aromatic rings. The Kier molecular flexibility index (Phi) is 8.03. The summed E-state index contributed by atoms with van der Waals surface area (Å²) < 4.78 is 55.6. The summed E-state index contributed by atoms with van der Waals surface area (Å²) >= 11 is 0. The first-order valence-corrected chi connectivity index (χ1v) is 13.0. The number of alkyl halides is 3. The first kappa shape index (κ1) is 27.6. The average molecular weight is 559 g/mol. The number of carbonyl (C=O) groups excluding carboxylic acids is 1. The summed E-state index contributed by atoms with van der Waals surface area (Å²) in [5, 5.41) is 15.4. The number of hydrogen-bond acceptors (Lipinski definition) is 7. The smallest absolute Gasteiger partial charge is 0.435 e. The van der Waals surface area contributed by atoms with Crippen LogP contribution in [-0.2, 0) is 23.9 Å². The number of aryl methyl sites for hydroxylation is 1. The number of fused-ring (bicyclic) bond motifs is 1. The Morgan fingerprint density at radius 3 is 2.77 bits per heavy atom. The predicted molar refractivity (Wildman–Crippen MR) is 138 cm³/mol. The minimum atomic E-state index is -4.63. The quantitative estimate of drug-likeness (QED) is 0.252. The van der Waals surface area contributed by atoms with Gasteiger partial charge in [0.1, 0.15) is 5.75 Å². The van der Waals surface area contributed by atoms with Gasteiger partial charge in [-0.15, -0.1) is 0 Å². The fourth-order valence-electron chi connectivity index (χ4n) is 4.40. The highest BCUT2D eigenvalue weighted by molar-refractivity contribution is 5.95. The Hall–Kier alpha value is -3.97. The van der Waals surface area contributed by atoms with E-state index in [2.05, 4.69) is 20.4 Å². The van der Waals surface area contributed by atoms with Gasteiger partial charge in [0.25, 0.3) is 11.8 Å². The van der Waals surface area contributed by atoms with E-state index in [1.165, 1.54) is 33.9 Å². The Labute approximate surface area is 227 Å². The lowest BCUT2D eigenvalue weighted by atomic mass is 10.0. The Morgan fingerprint density at radius 1 is 1.23 bits per heavy atom. The number of nitrogens with one attached hydrogen (secondary N) is 1. The molecule has 13 heteroatoms. The van der Waals surface area contributed by atoms with E-state index in [1.54, 1.807) is 18.2 Å². The van der Waals surface area contributed by atoms with E-state index in [4.69, 9.17) is 14.6 Å². The van der Waals surface area contributed by atoms with Crippen molar-refractivity contribution in [3.63, 3.8) is 0 Å². The summed E-state index contributed by atoms with van der Waals surface area (Å²) in [6.45, 7) is 3.04. The number of rotatable bonds is 12. The Balaban J connectivity index is 1.39. The van der Waals surface area contributed by atoms with Crippen molar-refractivity contribution < 1.29 is 32.5 Å². The number of halogens is 3. The van der Waals surface area contributed by atoms with Crippen molar-refractivity contribution in [1.82, 2.24) is 29.5 Å². The zero-order chi connectivity index (χ0) is 28.3. The number of hydrogen-bond donors (Lipinski definition) is 2. The monoisotopic (exact) mass is 558 g/mol. The van der Waals surface area contributed by atoms with E-state index in [-0.39, 0.29) is 48.5 Å². The first-order valence-electron chi connectivity index (χ1n) is 13.0. The standard InChI is InChI=1S/C27H29F3N6O4/c1-2-18-13-19(5-6-20(18)25(38)31-8-11-39-12-10-37)40-26-24-33-14-22(36(24)9-7-32-26)21-16-35(15-17-3-4-17)34-23(21)27(28,29)30/h5-7,9,13-14,16-17,37H,2-4,8,10-12,15H2,1H3,(H,31,38). The maximum atomic E-state index is 13.9. The number of aliphatic hydroxyl groups is 1. The summed E-state index contributed by atoms with van der Waals surface area (Å²) in [6.07, 6.45) is 3.63. The van der Waals surface area contributed by atoms with Crippen LogP contribution in [0.3, 0.4) is 0 Å². The molecule has 1 aromatic carbocycles. The van der Waals surface area contributed by atoms with Crippen molar-refractivity contribution in [3.8, 4) is 22.9 Å². The lowest BCUT2D eigenvalue weighted by molar-refractivity contribution is -0.141. The maximum Gasteiger partial charge on any atom is 0.435 e. The third kappa shape index (κ3) is 6.10. The molecule has 3 heterocycles. The first-order chi connectivity index (χ1) is 19.3. The van der Waals surface area contributed by atoms with Crippen molar-refractivity contribution in [1.29, 1.82) is 0 Å². The minimum Gasteiger partial charge on any atom is -0.436 e. The maximum absolute atomic E-state index is 13.9. The molecule has 1 saturated carbocycles. The second-order valence-electron chi connectivity index (χ2n) is 9.49. The second kappa shape index (κ2) is 11.6. The van der Waals surface area contributed by atoms with Crippen LogP contribution in [0.1, 0.15) is 41.4 Å². The molecule has 1 aliphatic rings. The van der Waals surface area contributed by atoms with E-state index in [0.29, 0.717) is 36.7 Å². The van der Waals surface area contributed by atoms with Crippen LogP contribution >= 0.6 is 0 Å². The molecule has 1 aliphatic carbocycles. The SMILES string of the molecule is CCc1cc(Oc2nccn3c(-c4cn(CC5CC5)nc4C(F)(F)F)cnc23)ccc1C(=O)NCCOCCO. The zero-order valence-corrected chi connectivity index (χ0v) is 21.8. The molecule has 5 rings (SSSR count). The van der Waals surface area contributed by atoms with Gasteiger partial charge in [-0.05, 0) is 48.9 Å². The molecule has 1 fully saturated rings. The van der Waals surface area contributed by atoms with Gasteiger partial charge in [-0.1, -0.05) is 6.92 Å². The third-order valence-corrected chi connectivity index (χ3v) is 6.53. The molecule has 1 amide bonds. The summed E-state index contributed by atoms with van der Waals surface area (Å²) in [6, 6.07) is 4.98. The van der Waals surface area contributed by atoms with Crippen LogP contribution < -0.4 is 10.1 Å². The molecule has 2 N–H and O–H groups in total. The molecule has 0 aliphatic heterocycles. The minimum absolute atomic E-state index is 0.0665. The molecular weight excluding hydrogens is 529 g/mol. The van der Waals surface area contributed by atoms with E-state index in [1.807, 2.05) is 6.92 Å². The largest absolute Gasteiger partial charge is 0.436 e. The number of nitrogens with zero attached hydrogens (tertiary/aromatic N) is 5. The van der Waals surface area contributed by atoms with Gasteiger partial charge in [0.2, 0.25) is 5.65 Å². The molecule has 0 saturated heterocycles. The molecule has 3 aromatic heterocycles. The zero-order valence-electron chi connectivity index (χ0n) is 21.8. The number of aliphatic hydroxyl groups excluding tert-OH is 1. The van der Waals surface area contributed by atoms with Gasteiger partial charge < -0.3 is 19.9 Å². The number of carbonyl (C=O) groups is 1. The molecular formula is C27H29F3N6O4. The highest BCUT2D eigenvalue weighted by Crippen LogP contribution is 2.38. The highest BCUT2D eigenvalue weighted by Gasteiger charge is 2.39. The molecule has 0 radical (unpaired) electrons. The van der Waals surface area contributed by atoms with Crippen LogP contribution in [0, 0.1) is 5.92 Å². The van der Waals surface area contributed by atoms with Crippen molar-refractivity contribution in [2.24, 2.45) is 5.92 Å². The van der Waals surface area contributed by atoms with E-state index in [9.17, 15) is 18.0 Å². The summed E-state index contributed by atoms with van der Waals surface area (Å²) in [5.74, 6) is 0.597. The molecule has 40 heavy (non-hydrogen) atoms. The van der Waals surface area contributed by atoms with E-state index < -0.39 is 11.9 Å². The summed E-state index contributed by atoms with van der Waals surface area (Å²) in [7, 11) is 0. The second-order valence-corrected chi connectivity index (χ2v) is 9.49. The van der Waals surface area contributed by atoms with Gasteiger partial charge in [-0.2, -0.15) is 18.3 Å². The number of imidazole rings is 1. The van der Waals surface area contributed by atoms with E-state index in [0.717, 1.165) is 18.4 Å². The topological polar surface area (TPSA) is 116 Å². The van der Waals surface area contributed by atoms with Crippen molar-refractivity contribution in [3.05, 3.63) is 59.8 Å². The van der Waals surface area contributed by atoms with Crippen LogP contribution in [0.2, 0.25) is 0 Å². The van der Waals surface area contributed by atoms with Gasteiger partial charge in [0.15, 0.2) is 5.69 Å². The van der Waals surface area contributed by atoms with Crippen molar-refractivity contribution in [2.75, 3.05) is 26.4 Å². The van der Waals surface area contributed by atoms with Gasteiger partial charge in [0, 0.05) is 37.2 Å². The third-order valence-electron chi connectivity index (χ3n) is 6.53. The fourth-order valence-corrected chi connectivity index (χ4v) is 4.40. The van der Waals surface area contributed by atoms with Crippen molar-refractivity contribution in [2.45, 2.75) is 38.9 Å². The lowest BCUT2D eigenvalue weighted by Gasteiger charge is -2.12. The summed E-state index contributed by atoms with van der Waals surface area (Å²) in [4.78, 5) is 21.2. The normalized spacial score (nSPS) is 13.6. The summed E-state index contributed by atoms with van der Waals surface area (Å²) in [5.41, 5.74) is 0.650. The molecule has 0 bridgehead atoms. The molecule has 0 unspecified atom stereocenters. The van der Waals surface area contributed by atoms with Crippen LogP contribution in [0.4, 0.5) is 13.2 Å². The van der Waals surface area contributed by atoms with Gasteiger partial charge in [-0.25, -0.2) is 9.97 Å². The van der Waals surface area contributed by atoms with Gasteiger partial charge in [0.05, 0.1) is 37.3 Å². The van der Waals surface area contributed by atoms with Crippen molar-refractivity contribution >= 4 is 11.6 Å². The number of ether oxygens (including phenoxy) is 2. The van der Waals surface area contributed by atoms with Gasteiger partial charge in [-0.3, -0.25) is 13.9 Å². The van der Waals surface area contributed by atoms with Crippen LogP contribution in [-0.4, -0.2) is 61.5 Å². The van der Waals surface area contributed by atoms with E-state index >= 15 is 0 Å². The number of benzene rings is 1. The average Bonchev–Trinajstić information content (AvgIpc) is 3.46. The molecule has 10 nitrogen and oxygen atoms in total. The predicted octanol–water partition coefficient (Wildman–Crippen LogP) is 4.12. The molecule has 0 atom stereocenters. The van der Waals surface area contributed by atoms with Crippen LogP contribution in [0.25, 0.3) is 16.9 Å². The molecule has 0 spiro atoms. The van der Waals surface area contributed by atoms with Gasteiger partial charge >= 0.3 is 6.18 Å². The molecule has 212 valence electrons. The van der Waals surface area contributed by atoms with Crippen LogP contribution in [0.15, 0.2) is 43.0 Å². The van der Waals surface area contributed by atoms with Crippen LogP contribution in [0.5, 0.6) is 11.6 Å². The Morgan fingerprint density at radius 2 is 2.05 bits per heavy atom. The number of amides is 1. The Bertz CT molecular complexity index is 1500. The highest BCUT2D eigenvalue weighted by atomic mass is 19.4.